The van der Waals surface area contributed by atoms with Gasteiger partial charge in [-0.05, 0) is 92.6 Å². The predicted octanol–water partition coefficient (Wildman–Crippen LogP) is 12.5. The molecule has 0 atom stereocenters. The van der Waals surface area contributed by atoms with Gasteiger partial charge in [0.2, 0.25) is 0 Å². The first-order valence-electron chi connectivity index (χ1n) is 20.2. The van der Waals surface area contributed by atoms with Crippen LogP contribution in [0.4, 0.5) is 4.39 Å². The van der Waals surface area contributed by atoms with Crippen LogP contribution >= 0.6 is 22.9 Å². The van der Waals surface area contributed by atoms with E-state index in [2.05, 4.69) is 79.1 Å². The minimum Gasteiger partial charge on any atom is -0.391 e. The van der Waals surface area contributed by atoms with E-state index in [1.807, 2.05) is 76.4 Å². The van der Waals surface area contributed by atoms with E-state index in [1.54, 1.807) is 23.6 Å². The predicted molar refractivity (Wildman–Crippen MR) is 250 cm³/mol. The highest BCUT2D eigenvalue weighted by molar-refractivity contribution is 7.19. The van der Waals surface area contributed by atoms with Crippen LogP contribution in [-0.2, 0) is 45.8 Å². The van der Waals surface area contributed by atoms with Crippen LogP contribution in [0.2, 0.25) is 4.34 Å². The lowest BCUT2D eigenvalue weighted by Gasteiger charge is -2.16. The second-order valence-electron chi connectivity index (χ2n) is 15.1. The highest BCUT2D eigenvalue weighted by Crippen LogP contribution is 2.33. The number of benzene rings is 5. The van der Waals surface area contributed by atoms with Crippen LogP contribution in [0.15, 0.2) is 142 Å². The van der Waals surface area contributed by atoms with Crippen LogP contribution in [0.3, 0.4) is 0 Å². The Balaban J connectivity index is 0.000000107. The van der Waals surface area contributed by atoms with Gasteiger partial charge >= 0.3 is 0 Å². The maximum absolute atomic E-state index is 13.1. The molecule has 0 amide bonds. The average Bonchev–Trinajstić information content (AvgIpc) is 3.76. The molecule has 0 bridgehead atoms. The number of oxime groups is 4. The summed E-state index contributed by atoms with van der Waals surface area (Å²) in [5, 5.41) is 20.1. The number of pyridine rings is 2. The number of fused-ring (bicyclic) bond motifs is 10. The first-order valence-corrected chi connectivity index (χ1v) is 21.4. The van der Waals surface area contributed by atoms with Crippen molar-refractivity contribution in [1.82, 2.24) is 9.97 Å². The monoisotopic (exact) mass is 874 g/mol. The Morgan fingerprint density at radius 1 is 0.524 bits per heavy atom. The van der Waals surface area contributed by atoms with Crippen LogP contribution in [0.1, 0.15) is 72.2 Å². The first-order chi connectivity index (χ1) is 30.7. The van der Waals surface area contributed by atoms with Gasteiger partial charge in [0, 0.05) is 72.6 Å². The SMILES string of the molecule is CC1=NOCc2c1ccc1cc(F)ccc21.CC1=NOCc2c1ccc1cccnc21.CC1=NOCc2c1ccc1ncccc21.CC1=NOCc2cc(-c3ccc(Cl)s3)ccc21. The summed E-state index contributed by atoms with van der Waals surface area (Å²) in [7, 11) is 0. The fraction of sp³-hybridized carbons (Fsp3) is 0.160. The van der Waals surface area contributed by atoms with E-state index in [0.717, 1.165) is 82.0 Å². The zero-order valence-electron chi connectivity index (χ0n) is 34.9. The van der Waals surface area contributed by atoms with Crippen molar-refractivity contribution in [1.29, 1.82) is 0 Å². The van der Waals surface area contributed by atoms with Crippen molar-refractivity contribution < 1.29 is 23.7 Å². The van der Waals surface area contributed by atoms with Crippen LogP contribution in [0.5, 0.6) is 0 Å². The number of hydrogen-bond acceptors (Lipinski definition) is 11. The second-order valence-corrected chi connectivity index (χ2v) is 16.8. The Labute approximate surface area is 371 Å². The summed E-state index contributed by atoms with van der Waals surface area (Å²) in [5.74, 6) is -0.213. The maximum atomic E-state index is 13.1. The summed E-state index contributed by atoms with van der Waals surface area (Å²) in [6.45, 7) is 9.83. The van der Waals surface area contributed by atoms with Crippen LogP contribution in [0, 0.1) is 5.82 Å². The quantitative estimate of drug-likeness (QED) is 0.162. The molecular formula is C50H40ClFN6O4S. The maximum Gasteiger partial charge on any atom is 0.145 e. The summed E-state index contributed by atoms with van der Waals surface area (Å²) in [4.78, 5) is 30.5. The molecule has 0 N–H and O–H groups in total. The second kappa shape index (κ2) is 18.1. The van der Waals surface area contributed by atoms with Gasteiger partial charge in [0.1, 0.15) is 32.2 Å². The van der Waals surface area contributed by atoms with Crippen molar-refractivity contribution in [2.75, 3.05) is 0 Å². The van der Waals surface area contributed by atoms with Crippen LogP contribution in [0.25, 0.3) is 43.0 Å². The molecule has 7 heterocycles. The molecule has 0 radical (unpaired) electrons. The summed E-state index contributed by atoms with van der Waals surface area (Å²) in [6, 6.07) is 35.3. The molecule has 0 unspecified atom stereocenters. The standard InChI is InChI=1S/C13H10ClNOS.C13H10FNO.2C12H10N2O/c1-8-11-3-2-9(6-10(11)7-16-15-8)12-4-5-13(14)17-12;1-8-11-4-2-9-6-10(14)3-5-12(9)13(11)7-16-15-8;1-8-9-4-5-12-10(3-2-6-13-12)11(9)7-15-14-8;1-8-10-5-4-9-3-2-6-13-12(9)11(10)7-15-14-8/h2-6H,7H2,1H3;2-6H,7H2,1H3;2*2-6H,7H2,1H3. The van der Waals surface area contributed by atoms with Crippen LogP contribution in [-0.4, -0.2) is 32.8 Å². The average molecular weight is 875 g/mol. The van der Waals surface area contributed by atoms with Gasteiger partial charge in [0.05, 0.1) is 38.2 Å². The van der Waals surface area contributed by atoms with E-state index < -0.39 is 0 Å². The fourth-order valence-electron chi connectivity index (χ4n) is 7.92. The number of aromatic nitrogens is 2. The Morgan fingerprint density at radius 2 is 1.11 bits per heavy atom. The van der Waals surface area contributed by atoms with E-state index >= 15 is 0 Å². The van der Waals surface area contributed by atoms with Gasteiger partial charge in [-0.25, -0.2) is 4.39 Å². The van der Waals surface area contributed by atoms with E-state index in [9.17, 15) is 4.39 Å². The Kier molecular flexibility index (Phi) is 11.9. The summed E-state index contributed by atoms with van der Waals surface area (Å²) < 4.78 is 13.9. The van der Waals surface area contributed by atoms with Crippen molar-refractivity contribution in [2.45, 2.75) is 54.1 Å². The third-order valence-electron chi connectivity index (χ3n) is 11.0. The normalized spacial score (nSPS) is 14.2. The molecule has 12 rings (SSSR count). The third kappa shape index (κ3) is 8.73. The van der Waals surface area contributed by atoms with Gasteiger partial charge in [-0.1, -0.05) is 92.9 Å². The molecular weight excluding hydrogens is 835 g/mol. The van der Waals surface area contributed by atoms with E-state index in [4.69, 9.17) is 31.0 Å². The van der Waals surface area contributed by atoms with Crippen molar-refractivity contribution in [3.05, 3.63) is 176 Å². The number of hydrogen-bond donors (Lipinski definition) is 0. The van der Waals surface area contributed by atoms with Gasteiger partial charge in [0.15, 0.2) is 0 Å². The van der Waals surface area contributed by atoms with E-state index in [1.165, 1.54) is 44.8 Å². The molecule has 0 saturated heterocycles. The largest absolute Gasteiger partial charge is 0.391 e. The van der Waals surface area contributed by atoms with Crippen molar-refractivity contribution >= 4 is 78.4 Å². The topological polar surface area (TPSA) is 112 Å². The summed E-state index contributed by atoms with van der Waals surface area (Å²) >= 11 is 7.54. The molecule has 4 aliphatic heterocycles. The van der Waals surface area contributed by atoms with Gasteiger partial charge in [0.25, 0.3) is 0 Å². The Hall–Kier alpha value is -7.02. The van der Waals surface area contributed by atoms with Crippen molar-refractivity contribution in [3.8, 4) is 10.4 Å². The molecule has 0 saturated carbocycles. The molecule has 13 heteroatoms. The Bertz CT molecular complexity index is 3080. The van der Waals surface area contributed by atoms with Crippen molar-refractivity contribution in [2.24, 2.45) is 20.6 Å². The zero-order chi connectivity index (χ0) is 43.5. The minimum atomic E-state index is -0.213. The summed E-state index contributed by atoms with van der Waals surface area (Å²) in [6.07, 6.45) is 3.61. The lowest BCUT2D eigenvalue weighted by molar-refractivity contribution is 0.126. The van der Waals surface area contributed by atoms with Gasteiger partial charge in [-0.3, -0.25) is 9.97 Å². The molecule has 0 fully saturated rings. The Morgan fingerprint density at radius 3 is 1.83 bits per heavy atom. The number of rotatable bonds is 1. The van der Waals surface area contributed by atoms with Gasteiger partial charge in [-0.2, -0.15) is 0 Å². The molecule has 63 heavy (non-hydrogen) atoms. The molecule has 314 valence electrons. The minimum absolute atomic E-state index is 0.213. The van der Waals surface area contributed by atoms with Crippen molar-refractivity contribution in [3.63, 3.8) is 0 Å². The molecule has 10 nitrogen and oxygen atoms in total. The van der Waals surface area contributed by atoms with E-state index in [-0.39, 0.29) is 5.82 Å². The first kappa shape index (κ1) is 41.3. The zero-order valence-corrected chi connectivity index (χ0v) is 36.4. The number of nitrogens with zero attached hydrogens (tertiary/aromatic N) is 6. The highest BCUT2D eigenvalue weighted by atomic mass is 35.5. The summed E-state index contributed by atoms with van der Waals surface area (Å²) in [5.41, 5.74) is 16.0. The van der Waals surface area contributed by atoms with Gasteiger partial charge < -0.3 is 19.4 Å². The third-order valence-corrected chi connectivity index (χ3v) is 12.3. The highest BCUT2D eigenvalue weighted by Gasteiger charge is 2.18. The fourth-order valence-corrected chi connectivity index (χ4v) is 8.96. The molecule has 4 aliphatic rings. The lowest BCUT2D eigenvalue weighted by Crippen LogP contribution is -2.09. The molecule has 8 aromatic rings. The molecule has 0 aliphatic carbocycles. The smallest absolute Gasteiger partial charge is 0.145 e. The number of thiophene rings is 1. The molecule has 0 spiro atoms. The van der Waals surface area contributed by atoms with Gasteiger partial charge in [-0.15, -0.1) is 11.3 Å². The lowest BCUT2D eigenvalue weighted by atomic mass is 9.96. The van der Waals surface area contributed by atoms with Crippen LogP contribution < -0.4 is 0 Å². The molecule has 3 aromatic heterocycles. The molecule has 5 aromatic carbocycles. The number of halogens is 2. The van der Waals surface area contributed by atoms with E-state index in [0.29, 0.717) is 26.4 Å².